The number of carbonyl (C=O) groups excluding carboxylic acids is 1. The highest BCUT2D eigenvalue weighted by Crippen LogP contribution is 2.11. The van der Waals surface area contributed by atoms with E-state index in [1.54, 1.807) is 12.1 Å². The second-order valence-corrected chi connectivity index (χ2v) is 3.75. The molecule has 0 aliphatic rings. The molecule has 6 heteroatoms. The number of methoxy groups -OCH3 is 1. The van der Waals surface area contributed by atoms with Gasteiger partial charge in [-0.15, -0.1) is 0 Å². The van der Waals surface area contributed by atoms with E-state index in [1.165, 1.54) is 19.2 Å². The van der Waals surface area contributed by atoms with Gasteiger partial charge in [0.05, 0.1) is 19.1 Å². The van der Waals surface area contributed by atoms with E-state index in [1.807, 2.05) is 0 Å². The molecule has 1 aromatic carbocycles. The maximum absolute atomic E-state index is 10.8. The minimum absolute atomic E-state index is 0.226. The van der Waals surface area contributed by atoms with E-state index in [0.717, 1.165) is 0 Å². The van der Waals surface area contributed by atoms with E-state index in [0.29, 0.717) is 31.9 Å². The van der Waals surface area contributed by atoms with Gasteiger partial charge in [-0.3, -0.25) is 4.79 Å². The summed E-state index contributed by atoms with van der Waals surface area (Å²) in [6.45, 7) is 1.57. The molecule has 6 nitrogen and oxygen atoms in total. The minimum Gasteiger partial charge on any atom is -0.492 e. The summed E-state index contributed by atoms with van der Waals surface area (Å²) in [7, 11) is 1.35. The maximum atomic E-state index is 10.8. The Morgan fingerprint density at radius 1 is 1.21 bits per heavy atom. The molecule has 0 unspecified atom stereocenters. The van der Waals surface area contributed by atoms with E-state index in [9.17, 15) is 9.59 Å². The predicted octanol–water partition coefficient (Wildman–Crippen LogP) is 0.916. The van der Waals surface area contributed by atoms with Gasteiger partial charge >= 0.3 is 11.9 Å². The zero-order valence-electron chi connectivity index (χ0n) is 10.7. The van der Waals surface area contributed by atoms with E-state index < -0.39 is 5.97 Å². The first-order valence-corrected chi connectivity index (χ1v) is 5.87. The van der Waals surface area contributed by atoms with Crippen LogP contribution in [-0.2, 0) is 9.53 Å². The SMILES string of the molecule is COC(=O)CCNCCOc1ccc(C(=O)O)cc1. The van der Waals surface area contributed by atoms with Crippen molar-refractivity contribution in [2.45, 2.75) is 6.42 Å². The molecule has 0 saturated heterocycles. The van der Waals surface area contributed by atoms with Crippen molar-refractivity contribution in [2.24, 2.45) is 0 Å². The van der Waals surface area contributed by atoms with Crippen LogP contribution in [0.5, 0.6) is 5.75 Å². The molecule has 2 N–H and O–H groups in total. The van der Waals surface area contributed by atoms with Gasteiger partial charge in [0.2, 0.25) is 0 Å². The molecule has 0 aromatic heterocycles. The monoisotopic (exact) mass is 267 g/mol. The molecule has 0 aliphatic heterocycles. The van der Waals surface area contributed by atoms with Crippen molar-refractivity contribution >= 4 is 11.9 Å². The van der Waals surface area contributed by atoms with Gasteiger partial charge in [0.1, 0.15) is 12.4 Å². The van der Waals surface area contributed by atoms with E-state index >= 15 is 0 Å². The summed E-state index contributed by atoms with van der Waals surface area (Å²) in [4.78, 5) is 21.4. The van der Waals surface area contributed by atoms with Crippen molar-refractivity contribution in [3.05, 3.63) is 29.8 Å². The average Bonchev–Trinajstić information content (AvgIpc) is 2.42. The molecular weight excluding hydrogens is 250 g/mol. The molecule has 1 aromatic rings. The molecule has 0 radical (unpaired) electrons. The summed E-state index contributed by atoms with van der Waals surface area (Å²) in [6, 6.07) is 6.19. The zero-order chi connectivity index (χ0) is 14.1. The number of hydrogen-bond acceptors (Lipinski definition) is 5. The molecule has 0 bridgehead atoms. The first-order chi connectivity index (χ1) is 9.13. The fourth-order valence-corrected chi connectivity index (χ4v) is 1.35. The molecule has 0 saturated carbocycles. The van der Waals surface area contributed by atoms with Crippen molar-refractivity contribution < 1.29 is 24.2 Å². The van der Waals surface area contributed by atoms with Crippen LogP contribution in [0.25, 0.3) is 0 Å². The lowest BCUT2D eigenvalue weighted by Gasteiger charge is -2.07. The summed E-state index contributed by atoms with van der Waals surface area (Å²) in [5, 5.41) is 11.8. The standard InChI is InChI=1S/C13H17NO5/c1-18-12(15)6-7-14-8-9-19-11-4-2-10(3-5-11)13(16)17/h2-5,14H,6-9H2,1H3,(H,16,17). The number of esters is 1. The fraction of sp³-hybridized carbons (Fsp3) is 0.385. The Hall–Kier alpha value is -2.08. The van der Waals surface area contributed by atoms with Crippen LogP contribution in [-0.4, -0.2) is 43.9 Å². The Morgan fingerprint density at radius 2 is 1.89 bits per heavy atom. The van der Waals surface area contributed by atoms with Crippen LogP contribution in [0.15, 0.2) is 24.3 Å². The summed E-state index contributed by atoms with van der Waals surface area (Å²) >= 11 is 0. The Morgan fingerprint density at radius 3 is 2.47 bits per heavy atom. The average molecular weight is 267 g/mol. The van der Waals surface area contributed by atoms with Gasteiger partial charge in [-0.05, 0) is 24.3 Å². The van der Waals surface area contributed by atoms with E-state index in [2.05, 4.69) is 10.1 Å². The Kier molecular flexibility index (Phi) is 6.38. The second kappa shape index (κ2) is 8.10. The number of benzene rings is 1. The van der Waals surface area contributed by atoms with Gasteiger partial charge < -0.3 is 19.9 Å². The Labute approximate surface area is 111 Å². The van der Waals surface area contributed by atoms with E-state index in [-0.39, 0.29) is 11.5 Å². The van der Waals surface area contributed by atoms with E-state index in [4.69, 9.17) is 9.84 Å². The van der Waals surface area contributed by atoms with Crippen molar-refractivity contribution in [3.8, 4) is 5.75 Å². The van der Waals surface area contributed by atoms with Crippen molar-refractivity contribution in [3.63, 3.8) is 0 Å². The summed E-state index contributed by atoms with van der Waals surface area (Å²) < 4.78 is 9.90. The Balaban J connectivity index is 2.15. The molecule has 104 valence electrons. The predicted molar refractivity (Wildman–Crippen MR) is 68.4 cm³/mol. The third-order valence-corrected chi connectivity index (χ3v) is 2.38. The van der Waals surface area contributed by atoms with Gasteiger partial charge in [0.15, 0.2) is 0 Å². The highest BCUT2D eigenvalue weighted by Gasteiger charge is 2.02. The summed E-state index contributed by atoms with van der Waals surface area (Å²) in [6.07, 6.45) is 0.323. The van der Waals surface area contributed by atoms with Gasteiger partial charge in [-0.1, -0.05) is 0 Å². The van der Waals surface area contributed by atoms with Gasteiger partial charge in [0.25, 0.3) is 0 Å². The highest BCUT2D eigenvalue weighted by molar-refractivity contribution is 5.87. The van der Waals surface area contributed by atoms with Crippen LogP contribution in [0.3, 0.4) is 0 Å². The summed E-state index contributed by atoms with van der Waals surface area (Å²) in [5.41, 5.74) is 0.226. The molecule has 19 heavy (non-hydrogen) atoms. The smallest absolute Gasteiger partial charge is 0.335 e. The lowest BCUT2D eigenvalue weighted by Crippen LogP contribution is -2.24. The number of ether oxygens (including phenoxy) is 2. The molecule has 0 amide bonds. The fourth-order valence-electron chi connectivity index (χ4n) is 1.35. The lowest BCUT2D eigenvalue weighted by molar-refractivity contribution is -0.140. The molecule has 1 rings (SSSR count). The quantitative estimate of drug-likeness (QED) is 0.538. The molecule has 0 fully saturated rings. The van der Waals surface area contributed by atoms with Gasteiger partial charge in [0, 0.05) is 13.1 Å². The Bertz CT molecular complexity index is 416. The van der Waals surface area contributed by atoms with Crippen molar-refractivity contribution in [1.82, 2.24) is 5.32 Å². The molecule has 0 spiro atoms. The maximum Gasteiger partial charge on any atom is 0.335 e. The number of carboxylic acids is 1. The number of hydrogen-bond donors (Lipinski definition) is 2. The minimum atomic E-state index is -0.962. The van der Waals surface area contributed by atoms with Crippen molar-refractivity contribution in [1.29, 1.82) is 0 Å². The van der Waals surface area contributed by atoms with Crippen LogP contribution in [0.4, 0.5) is 0 Å². The molecule has 0 atom stereocenters. The molecule has 0 heterocycles. The molecular formula is C13H17NO5. The number of rotatable bonds is 8. The van der Waals surface area contributed by atoms with Crippen LogP contribution in [0, 0.1) is 0 Å². The largest absolute Gasteiger partial charge is 0.492 e. The topological polar surface area (TPSA) is 84.9 Å². The van der Waals surface area contributed by atoms with Crippen LogP contribution >= 0.6 is 0 Å². The third-order valence-electron chi connectivity index (χ3n) is 2.38. The van der Waals surface area contributed by atoms with Crippen molar-refractivity contribution in [2.75, 3.05) is 26.8 Å². The number of aromatic carboxylic acids is 1. The third kappa shape index (κ3) is 5.87. The lowest BCUT2D eigenvalue weighted by atomic mass is 10.2. The van der Waals surface area contributed by atoms with Crippen LogP contribution < -0.4 is 10.1 Å². The highest BCUT2D eigenvalue weighted by atomic mass is 16.5. The normalized spacial score (nSPS) is 9.95. The summed E-state index contributed by atoms with van der Waals surface area (Å²) in [5.74, 6) is -0.603. The van der Waals surface area contributed by atoms with Gasteiger partial charge in [-0.2, -0.15) is 0 Å². The number of carboxylic acid groups (broad SMARTS) is 1. The zero-order valence-corrected chi connectivity index (χ0v) is 10.7. The first kappa shape index (κ1) is 15.0. The number of nitrogens with one attached hydrogen (secondary N) is 1. The molecule has 0 aliphatic carbocycles. The van der Waals surface area contributed by atoms with Crippen LogP contribution in [0.2, 0.25) is 0 Å². The number of carbonyl (C=O) groups is 2. The first-order valence-electron chi connectivity index (χ1n) is 5.87. The second-order valence-electron chi connectivity index (χ2n) is 3.75. The van der Waals surface area contributed by atoms with Crippen LogP contribution in [0.1, 0.15) is 16.8 Å². The van der Waals surface area contributed by atoms with Gasteiger partial charge in [-0.25, -0.2) is 4.79 Å².